The van der Waals surface area contributed by atoms with E-state index in [1.54, 1.807) is 24.3 Å². The monoisotopic (exact) mass is 534 g/mol. The molecule has 1 aliphatic rings. The third kappa shape index (κ3) is 4.96. The molecule has 2 aromatic heterocycles. The van der Waals surface area contributed by atoms with Crippen molar-refractivity contribution in [1.29, 1.82) is 0 Å². The van der Waals surface area contributed by atoms with Gasteiger partial charge in [0.25, 0.3) is 0 Å². The normalized spacial score (nSPS) is 16.2. The summed E-state index contributed by atoms with van der Waals surface area (Å²) in [6.45, 7) is 9.80. The predicted octanol–water partition coefficient (Wildman–Crippen LogP) is 5.49. The number of piperazine rings is 1. The first-order chi connectivity index (χ1) is 19.2. The van der Waals surface area contributed by atoms with E-state index in [-0.39, 0.29) is 16.3 Å². The van der Waals surface area contributed by atoms with Crippen molar-refractivity contribution in [3.63, 3.8) is 0 Å². The second-order valence-corrected chi connectivity index (χ2v) is 11.1. The van der Waals surface area contributed by atoms with Gasteiger partial charge in [-0.3, -0.25) is 9.47 Å². The Labute approximate surface area is 232 Å². The summed E-state index contributed by atoms with van der Waals surface area (Å²) in [7, 11) is 0. The summed E-state index contributed by atoms with van der Waals surface area (Å²) in [5.41, 5.74) is 4.05. The van der Waals surface area contributed by atoms with Crippen LogP contribution in [-0.2, 0) is 6.98 Å². The van der Waals surface area contributed by atoms with E-state index in [0.717, 1.165) is 43.1 Å². The number of halogens is 1. The Morgan fingerprint density at radius 3 is 2.42 bits per heavy atom. The van der Waals surface area contributed by atoms with Gasteiger partial charge in [0, 0.05) is 77.7 Å². The van der Waals surface area contributed by atoms with Gasteiger partial charge in [0.2, 0.25) is 0 Å². The summed E-state index contributed by atoms with van der Waals surface area (Å²) < 4.78 is 24.5. The van der Waals surface area contributed by atoms with Crippen LogP contribution < -0.4 is 10.6 Å². The number of hydrogen-bond donors (Lipinski definition) is 1. The maximum Gasteiger partial charge on any atom is 0.332 e. The molecular weight excluding hydrogens is 498 g/mol. The highest BCUT2D eigenvalue weighted by Crippen LogP contribution is 2.40. The van der Waals surface area contributed by atoms with Gasteiger partial charge in [-0.2, -0.15) is 0 Å². The van der Waals surface area contributed by atoms with Crippen LogP contribution in [0, 0.1) is 6.92 Å². The third-order valence-electron chi connectivity index (χ3n) is 7.13. The number of anilines is 1. The van der Waals surface area contributed by atoms with E-state index < -0.39 is 12.7 Å². The second-order valence-electron chi connectivity index (χ2n) is 10.7. The summed E-state index contributed by atoms with van der Waals surface area (Å²) in [5, 5.41) is 11.6. The number of hydrogen-bond acceptors (Lipinski definition) is 5. The summed E-state index contributed by atoms with van der Waals surface area (Å²) in [6, 6.07) is 14.9. The fraction of sp³-hybridized carbons (Fsp3) is 0.333. The SMILES string of the molecule is [2H]C([2H])([2H])n1ccn(-c2ccc(-c3cc(C)nc(-c4cccc(N5CCN(C(C)(C)C)CC5)c4)c3O)cc2Cl)c1=O. The van der Waals surface area contributed by atoms with Gasteiger partial charge in [-0.15, -0.1) is 0 Å². The fourth-order valence-electron chi connectivity index (χ4n) is 5.00. The Balaban J connectivity index is 1.46. The van der Waals surface area contributed by atoms with Crippen LogP contribution in [-0.4, -0.2) is 55.8 Å². The molecule has 5 rings (SSSR count). The van der Waals surface area contributed by atoms with Gasteiger partial charge in [0.05, 0.1) is 10.7 Å². The second kappa shape index (κ2) is 9.97. The molecule has 3 heterocycles. The molecule has 0 spiro atoms. The zero-order valence-corrected chi connectivity index (χ0v) is 22.8. The van der Waals surface area contributed by atoms with E-state index in [9.17, 15) is 9.90 Å². The maximum absolute atomic E-state index is 12.7. The van der Waals surface area contributed by atoms with Crippen LogP contribution in [0.1, 0.15) is 30.6 Å². The van der Waals surface area contributed by atoms with Gasteiger partial charge < -0.3 is 14.6 Å². The molecule has 8 heteroatoms. The molecule has 198 valence electrons. The number of aromatic hydroxyl groups is 1. The molecule has 0 saturated carbocycles. The molecule has 0 bridgehead atoms. The van der Waals surface area contributed by atoms with Gasteiger partial charge in [-0.25, -0.2) is 9.78 Å². The van der Waals surface area contributed by atoms with E-state index >= 15 is 0 Å². The molecule has 0 amide bonds. The van der Waals surface area contributed by atoms with Crippen molar-refractivity contribution >= 4 is 17.3 Å². The van der Waals surface area contributed by atoms with Crippen molar-refractivity contribution in [1.82, 2.24) is 19.0 Å². The average Bonchev–Trinajstić information content (AvgIpc) is 3.31. The molecule has 1 N–H and O–H groups in total. The van der Waals surface area contributed by atoms with E-state index in [0.29, 0.717) is 27.1 Å². The summed E-state index contributed by atoms with van der Waals surface area (Å²) in [5.74, 6) is 0.0276. The molecule has 0 unspecified atom stereocenters. The van der Waals surface area contributed by atoms with Gasteiger partial charge in [0.15, 0.2) is 0 Å². The van der Waals surface area contributed by atoms with Crippen LogP contribution >= 0.6 is 11.6 Å². The van der Waals surface area contributed by atoms with Gasteiger partial charge in [-0.1, -0.05) is 29.8 Å². The average molecular weight is 535 g/mol. The van der Waals surface area contributed by atoms with Crippen molar-refractivity contribution < 1.29 is 9.22 Å². The summed E-state index contributed by atoms with van der Waals surface area (Å²) in [4.78, 5) is 22.2. The van der Waals surface area contributed by atoms with Crippen molar-refractivity contribution in [2.45, 2.75) is 33.2 Å². The van der Waals surface area contributed by atoms with E-state index in [1.807, 2.05) is 19.1 Å². The minimum absolute atomic E-state index is 0.0276. The van der Waals surface area contributed by atoms with Gasteiger partial charge in [-0.05, 0) is 63.6 Å². The molecule has 38 heavy (non-hydrogen) atoms. The lowest BCUT2D eigenvalue weighted by atomic mass is 9.99. The number of benzene rings is 2. The molecule has 1 fully saturated rings. The molecule has 0 atom stereocenters. The Bertz CT molecular complexity index is 1650. The van der Waals surface area contributed by atoms with Crippen molar-refractivity contribution in [3.05, 3.63) is 82.1 Å². The Morgan fingerprint density at radius 2 is 1.76 bits per heavy atom. The number of imidazole rings is 1. The van der Waals surface area contributed by atoms with Crippen LogP contribution in [0.25, 0.3) is 28.1 Å². The molecule has 0 radical (unpaired) electrons. The number of aryl methyl sites for hydroxylation is 2. The number of rotatable bonds is 4. The smallest absolute Gasteiger partial charge is 0.332 e. The van der Waals surface area contributed by atoms with E-state index in [4.69, 9.17) is 15.7 Å². The lowest BCUT2D eigenvalue weighted by molar-refractivity contribution is 0.128. The van der Waals surface area contributed by atoms with Gasteiger partial charge >= 0.3 is 5.69 Å². The van der Waals surface area contributed by atoms with Crippen LogP contribution in [0.5, 0.6) is 5.75 Å². The minimum Gasteiger partial charge on any atom is -0.505 e. The largest absolute Gasteiger partial charge is 0.505 e. The molecule has 2 aromatic carbocycles. The van der Waals surface area contributed by atoms with Crippen molar-refractivity contribution in [2.75, 3.05) is 31.1 Å². The molecule has 7 nitrogen and oxygen atoms in total. The van der Waals surface area contributed by atoms with Gasteiger partial charge in [0.1, 0.15) is 11.4 Å². The molecular formula is C30H34ClN5O2. The number of pyridine rings is 1. The number of aromatic nitrogens is 3. The molecule has 1 aliphatic heterocycles. The summed E-state index contributed by atoms with van der Waals surface area (Å²) in [6.07, 6.45) is 2.58. The highest BCUT2D eigenvalue weighted by molar-refractivity contribution is 6.32. The Hall–Kier alpha value is -3.55. The standard InChI is InChI=1S/C30H34ClN5O2/c1-20-17-24(21-9-10-26(25(31)19-21)36-16-11-33(5)29(36)38)28(37)27(32-20)22-7-6-8-23(18-22)34-12-14-35(15-13-34)30(2,3)4/h6-11,16-19,37H,12-15H2,1-5H3/i5D3. The first kappa shape index (κ1) is 22.4. The van der Waals surface area contributed by atoms with Crippen molar-refractivity contribution in [3.8, 4) is 33.8 Å². The van der Waals surface area contributed by atoms with Crippen molar-refractivity contribution in [2.24, 2.45) is 6.98 Å². The van der Waals surface area contributed by atoms with E-state index in [2.05, 4.69) is 47.7 Å². The zero-order valence-electron chi connectivity index (χ0n) is 25.1. The third-order valence-corrected chi connectivity index (χ3v) is 7.43. The predicted molar refractivity (Wildman–Crippen MR) is 155 cm³/mol. The molecule has 4 aromatic rings. The highest BCUT2D eigenvalue weighted by Gasteiger charge is 2.26. The Morgan fingerprint density at radius 1 is 1.00 bits per heavy atom. The highest BCUT2D eigenvalue weighted by atomic mass is 35.5. The first-order valence-corrected chi connectivity index (χ1v) is 13.0. The lowest BCUT2D eigenvalue weighted by Crippen LogP contribution is -2.53. The molecule has 0 aliphatic carbocycles. The first-order valence-electron chi connectivity index (χ1n) is 14.2. The Kier molecular flexibility index (Phi) is 5.88. The zero-order chi connectivity index (χ0) is 29.7. The van der Waals surface area contributed by atoms with Crippen LogP contribution in [0.2, 0.25) is 5.02 Å². The molecule has 1 saturated heterocycles. The van der Waals surface area contributed by atoms with E-state index in [1.165, 1.54) is 17.0 Å². The van der Waals surface area contributed by atoms with Crippen LogP contribution in [0.4, 0.5) is 5.69 Å². The quantitative estimate of drug-likeness (QED) is 0.375. The van der Waals surface area contributed by atoms with Crippen LogP contribution in [0.15, 0.2) is 65.7 Å². The minimum atomic E-state index is -2.59. The van der Waals surface area contributed by atoms with Crippen LogP contribution in [0.3, 0.4) is 0 Å². The number of nitrogens with zero attached hydrogens (tertiary/aromatic N) is 5. The topological polar surface area (TPSA) is 66.5 Å². The maximum atomic E-state index is 12.7. The summed E-state index contributed by atoms with van der Waals surface area (Å²) >= 11 is 6.59. The lowest BCUT2D eigenvalue weighted by Gasteiger charge is -2.43. The fourth-order valence-corrected chi connectivity index (χ4v) is 5.27.